The molecule has 3 rings (SSSR count). The molecule has 0 spiro atoms. The largest absolute Gasteiger partial charge is 0.336 e. The quantitative estimate of drug-likeness (QED) is 0.836. The van der Waals surface area contributed by atoms with Crippen molar-refractivity contribution in [2.45, 2.75) is 6.43 Å². The minimum Gasteiger partial charge on any atom is -0.303 e. The number of halogens is 2. The molecule has 0 bridgehead atoms. The van der Waals surface area contributed by atoms with E-state index in [1.54, 1.807) is 30.3 Å². The van der Waals surface area contributed by atoms with Crippen molar-refractivity contribution in [3.8, 4) is 5.69 Å². The molecule has 0 radical (unpaired) electrons. The molecule has 1 aromatic heterocycles. The molecule has 0 saturated carbocycles. The Morgan fingerprint density at radius 1 is 1.23 bits per heavy atom. The summed E-state index contributed by atoms with van der Waals surface area (Å²) in [4.78, 5) is 12.3. The number of nitrogens with zero attached hydrogens (tertiary/aromatic N) is 3. The van der Waals surface area contributed by atoms with E-state index in [2.05, 4.69) is 15.8 Å². The van der Waals surface area contributed by atoms with Crippen LogP contribution in [0.1, 0.15) is 12.1 Å². The van der Waals surface area contributed by atoms with Crippen molar-refractivity contribution in [1.29, 1.82) is 0 Å². The zero-order valence-corrected chi connectivity index (χ0v) is 14.4. The topological polar surface area (TPSA) is 96.3 Å². The third-order valence-electron chi connectivity index (χ3n) is 3.84. The van der Waals surface area contributed by atoms with Crippen LogP contribution in [0.2, 0.25) is 0 Å². The molecule has 0 atom stereocenters. The highest BCUT2D eigenvalue weighted by molar-refractivity contribution is 7.91. The highest BCUT2D eigenvalue weighted by atomic mass is 32.2. The summed E-state index contributed by atoms with van der Waals surface area (Å²) in [6, 6.07) is 7.63. The number of carbonyl (C=O) groups excluding carboxylic acids is 1. The zero-order chi connectivity index (χ0) is 18.7. The van der Waals surface area contributed by atoms with Gasteiger partial charge in [0.15, 0.2) is 9.84 Å². The molecule has 2 amide bonds. The number of hydrazine groups is 1. The summed E-state index contributed by atoms with van der Waals surface area (Å²) in [6.07, 6.45) is -1.73. The number of para-hydroxylation sites is 1. The average Bonchev–Trinajstić information content (AvgIpc) is 2.93. The SMILES string of the molecule is O=C(Nc1cnn(-c2ccccc2)c1C(F)F)N1CCS(=O)(=O)CCN1. The van der Waals surface area contributed by atoms with Crippen molar-refractivity contribution in [1.82, 2.24) is 20.2 Å². The molecule has 1 fully saturated rings. The zero-order valence-electron chi connectivity index (χ0n) is 13.6. The van der Waals surface area contributed by atoms with Gasteiger partial charge >= 0.3 is 6.03 Å². The van der Waals surface area contributed by atoms with E-state index in [0.29, 0.717) is 5.69 Å². The average molecular weight is 385 g/mol. The van der Waals surface area contributed by atoms with E-state index in [1.807, 2.05) is 0 Å². The number of amides is 2. The standard InChI is InChI=1S/C15H17F2N5O3S/c16-14(17)13-12(10-19-22(13)11-4-2-1-3-5-11)20-15(23)21-7-9-26(24,25)8-6-18-21/h1-5,10,14,18H,6-9H2,(H,20,23). The Morgan fingerprint density at radius 2 is 1.96 bits per heavy atom. The van der Waals surface area contributed by atoms with E-state index < -0.39 is 28.0 Å². The second-order valence-corrected chi connectivity index (χ2v) is 7.94. The van der Waals surface area contributed by atoms with E-state index >= 15 is 0 Å². The third-order valence-corrected chi connectivity index (χ3v) is 5.47. The minimum absolute atomic E-state index is 0.0702. The number of sulfone groups is 1. The molecule has 140 valence electrons. The number of nitrogens with one attached hydrogen (secondary N) is 2. The summed E-state index contributed by atoms with van der Waals surface area (Å²) in [5.41, 5.74) is 2.52. The van der Waals surface area contributed by atoms with Gasteiger partial charge in [0.2, 0.25) is 0 Å². The van der Waals surface area contributed by atoms with Gasteiger partial charge in [0, 0.05) is 6.54 Å². The maximum Gasteiger partial charge on any atom is 0.336 e. The Balaban J connectivity index is 1.81. The molecule has 8 nitrogen and oxygen atoms in total. The molecule has 2 N–H and O–H groups in total. The Hall–Kier alpha value is -2.53. The van der Waals surface area contributed by atoms with Gasteiger partial charge in [0.05, 0.1) is 35.6 Å². The van der Waals surface area contributed by atoms with Crippen LogP contribution in [-0.4, -0.2) is 53.8 Å². The fourth-order valence-corrected chi connectivity index (χ4v) is 3.61. The van der Waals surface area contributed by atoms with Crippen molar-refractivity contribution < 1.29 is 22.0 Å². The molecule has 0 aliphatic carbocycles. The number of rotatable bonds is 3. The summed E-state index contributed by atoms with van der Waals surface area (Å²) in [6.45, 7) is -0.00820. The highest BCUT2D eigenvalue weighted by Crippen LogP contribution is 2.29. The number of alkyl halides is 2. The predicted molar refractivity (Wildman–Crippen MR) is 90.9 cm³/mol. The maximum atomic E-state index is 13.5. The number of hydrogen-bond acceptors (Lipinski definition) is 5. The Morgan fingerprint density at radius 3 is 2.65 bits per heavy atom. The Bertz CT molecular complexity index is 886. The predicted octanol–water partition coefficient (Wildman–Crippen LogP) is 1.58. The van der Waals surface area contributed by atoms with Crippen molar-refractivity contribution >= 4 is 21.6 Å². The normalized spacial score (nSPS) is 17.1. The second kappa shape index (κ2) is 7.38. The van der Waals surface area contributed by atoms with Gasteiger partial charge in [0.25, 0.3) is 6.43 Å². The van der Waals surface area contributed by atoms with Crippen LogP contribution in [0.4, 0.5) is 19.3 Å². The van der Waals surface area contributed by atoms with Gasteiger partial charge < -0.3 is 5.32 Å². The summed E-state index contributed by atoms with van der Waals surface area (Å²) in [5, 5.41) is 7.38. The Labute approximate surface area is 148 Å². The van der Waals surface area contributed by atoms with Gasteiger partial charge in [-0.05, 0) is 12.1 Å². The second-order valence-electron chi connectivity index (χ2n) is 5.63. The molecule has 26 heavy (non-hydrogen) atoms. The fraction of sp³-hybridized carbons (Fsp3) is 0.333. The van der Waals surface area contributed by atoms with Gasteiger partial charge in [-0.15, -0.1) is 0 Å². The van der Waals surface area contributed by atoms with Gasteiger partial charge in [-0.2, -0.15) is 5.10 Å². The van der Waals surface area contributed by atoms with Crippen molar-refractivity contribution in [2.75, 3.05) is 29.9 Å². The summed E-state index contributed by atoms with van der Waals surface area (Å²) in [7, 11) is -3.23. The lowest BCUT2D eigenvalue weighted by atomic mass is 10.3. The number of urea groups is 1. The first-order valence-electron chi connectivity index (χ1n) is 7.81. The monoisotopic (exact) mass is 385 g/mol. The number of hydrogen-bond donors (Lipinski definition) is 2. The summed E-state index contributed by atoms with van der Waals surface area (Å²) < 4.78 is 51.3. The van der Waals surface area contributed by atoms with Crippen LogP contribution in [0.5, 0.6) is 0 Å². The molecule has 11 heteroatoms. The van der Waals surface area contributed by atoms with Crippen LogP contribution in [0.3, 0.4) is 0 Å². The van der Waals surface area contributed by atoms with Crippen LogP contribution < -0.4 is 10.7 Å². The van der Waals surface area contributed by atoms with Crippen LogP contribution in [0.15, 0.2) is 36.5 Å². The fourth-order valence-electron chi connectivity index (χ4n) is 2.54. The molecule has 1 aliphatic heterocycles. The Kier molecular flexibility index (Phi) is 5.18. The maximum absolute atomic E-state index is 13.5. The molecular formula is C15H17F2N5O3S. The van der Waals surface area contributed by atoms with Crippen LogP contribution in [0.25, 0.3) is 5.69 Å². The lowest BCUT2D eigenvalue weighted by molar-refractivity contribution is 0.143. The van der Waals surface area contributed by atoms with Gasteiger partial charge in [-0.1, -0.05) is 18.2 Å². The first-order valence-corrected chi connectivity index (χ1v) is 9.63. The van der Waals surface area contributed by atoms with Gasteiger partial charge in [-0.25, -0.2) is 32.1 Å². The van der Waals surface area contributed by atoms with Crippen molar-refractivity contribution in [2.24, 2.45) is 0 Å². The van der Waals surface area contributed by atoms with Crippen molar-refractivity contribution in [3.05, 3.63) is 42.2 Å². The van der Waals surface area contributed by atoms with E-state index in [1.165, 1.54) is 0 Å². The smallest absolute Gasteiger partial charge is 0.303 e. The van der Waals surface area contributed by atoms with Crippen LogP contribution >= 0.6 is 0 Å². The van der Waals surface area contributed by atoms with E-state index in [9.17, 15) is 22.0 Å². The third kappa shape index (κ3) is 3.99. The van der Waals surface area contributed by atoms with E-state index in [-0.39, 0.29) is 30.3 Å². The first-order chi connectivity index (χ1) is 12.4. The summed E-state index contributed by atoms with van der Waals surface area (Å²) >= 11 is 0. The van der Waals surface area contributed by atoms with Crippen LogP contribution in [0, 0.1) is 0 Å². The van der Waals surface area contributed by atoms with E-state index in [0.717, 1.165) is 15.9 Å². The molecule has 1 aliphatic rings. The number of aromatic nitrogens is 2. The lowest BCUT2D eigenvalue weighted by Gasteiger charge is -2.21. The number of carbonyl (C=O) groups is 1. The molecule has 2 aromatic rings. The van der Waals surface area contributed by atoms with Gasteiger partial charge in [0.1, 0.15) is 5.69 Å². The van der Waals surface area contributed by atoms with Gasteiger partial charge in [-0.3, -0.25) is 5.01 Å². The highest BCUT2D eigenvalue weighted by Gasteiger charge is 2.26. The molecule has 1 saturated heterocycles. The molecular weight excluding hydrogens is 368 g/mol. The van der Waals surface area contributed by atoms with Crippen molar-refractivity contribution in [3.63, 3.8) is 0 Å². The molecule has 1 aromatic carbocycles. The molecule has 2 heterocycles. The summed E-state index contributed by atoms with van der Waals surface area (Å²) in [5.74, 6) is -0.288. The van der Waals surface area contributed by atoms with Crippen LogP contribution in [-0.2, 0) is 9.84 Å². The molecule has 0 unspecified atom stereocenters. The number of benzene rings is 1. The first kappa shape index (κ1) is 18.3. The lowest BCUT2D eigenvalue weighted by Crippen LogP contribution is -2.46. The minimum atomic E-state index is -3.23. The van der Waals surface area contributed by atoms with E-state index in [4.69, 9.17) is 0 Å². The number of anilines is 1.